The number of aryl methyl sites for hydroxylation is 2. The standard InChI is InChI=1S/C30H24N2/c1-21-8-6-12-24(14-21)26-17-29(25-13-7-9-22(2)15-25)32-30(18-26)28-16-27(19-31-20-28)23-10-4-3-5-11-23/h3-20H,1-2H3. The Hall–Kier alpha value is -4.04. The van der Waals surface area contributed by atoms with Crippen LogP contribution in [-0.2, 0) is 0 Å². The van der Waals surface area contributed by atoms with E-state index in [2.05, 4.69) is 110 Å². The Labute approximate surface area is 189 Å². The fourth-order valence-corrected chi connectivity index (χ4v) is 3.99. The van der Waals surface area contributed by atoms with Crippen molar-refractivity contribution in [2.45, 2.75) is 13.8 Å². The van der Waals surface area contributed by atoms with Gasteiger partial charge in [0.25, 0.3) is 0 Å². The lowest BCUT2D eigenvalue weighted by atomic mass is 9.98. The Kier molecular flexibility index (Phi) is 5.35. The van der Waals surface area contributed by atoms with Crippen molar-refractivity contribution in [2.75, 3.05) is 0 Å². The lowest BCUT2D eigenvalue weighted by Gasteiger charge is -2.12. The highest BCUT2D eigenvalue weighted by molar-refractivity contribution is 5.78. The summed E-state index contributed by atoms with van der Waals surface area (Å²) >= 11 is 0. The highest BCUT2D eigenvalue weighted by atomic mass is 14.7. The van der Waals surface area contributed by atoms with Crippen molar-refractivity contribution in [3.05, 3.63) is 121 Å². The Bertz CT molecular complexity index is 1320. The van der Waals surface area contributed by atoms with Crippen LogP contribution in [0.15, 0.2) is 109 Å². The molecule has 0 spiro atoms. The van der Waals surface area contributed by atoms with E-state index in [-0.39, 0.29) is 0 Å². The van der Waals surface area contributed by atoms with Gasteiger partial charge in [-0.05, 0) is 54.8 Å². The number of aromatic nitrogens is 2. The summed E-state index contributed by atoms with van der Waals surface area (Å²) in [6.07, 6.45) is 3.81. The van der Waals surface area contributed by atoms with E-state index in [1.807, 2.05) is 18.5 Å². The van der Waals surface area contributed by atoms with Crippen molar-refractivity contribution in [1.29, 1.82) is 0 Å². The molecule has 0 amide bonds. The van der Waals surface area contributed by atoms with Gasteiger partial charge in [-0.2, -0.15) is 0 Å². The number of nitrogens with zero attached hydrogens (tertiary/aromatic N) is 2. The second kappa shape index (κ2) is 8.60. The van der Waals surface area contributed by atoms with Crippen LogP contribution in [0.3, 0.4) is 0 Å². The van der Waals surface area contributed by atoms with Crippen LogP contribution in [0.25, 0.3) is 44.8 Å². The first-order valence-electron chi connectivity index (χ1n) is 10.8. The molecular formula is C30H24N2. The smallest absolute Gasteiger partial charge is 0.0731 e. The van der Waals surface area contributed by atoms with Gasteiger partial charge in [-0.1, -0.05) is 83.9 Å². The van der Waals surface area contributed by atoms with Crippen molar-refractivity contribution < 1.29 is 0 Å². The van der Waals surface area contributed by atoms with Crippen LogP contribution in [0, 0.1) is 13.8 Å². The minimum Gasteiger partial charge on any atom is -0.263 e. The fraction of sp³-hybridized carbons (Fsp3) is 0.0667. The largest absolute Gasteiger partial charge is 0.263 e. The molecule has 0 aliphatic heterocycles. The highest BCUT2D eigenvalue weighted by Crippen LogP contribution is 2.32. The van der Waals surface area contributed by atoms with E-state index in [1.54, 1.807) is 0 Å². The summed E-state index contributed by atoms with van der Waals surface area (Å²) in [6, 6.07) is 34.0. The summed E-state index contributed by atoms with van der Waals surface area (Å²) in [5.74, 6) is 0. The molecule has 2 nitrogen and oxygen atoms in total. The van der Waals surface area contributed by atoms with E-state index in [1.165, 1.54) is 16.7 Å². The lowest BCUT2D eigenvalue weighted by Crippen LogP contribution is -1.93. The van der Waals surface area contributed by atoms with E-state index in [0.29, 0.717) is 0 Å². The van der Waals surface area contributed by atoms with Crippen LogP contribution >= 0.6 is 0 Å². The summed E-state index contributed by atoms with van der Waals surface area (Å²) in [6.45, 7) is 4.24. The lowest BCUT2D eigenvalue weighted by molar-refractivity contribution is 1.28. The third-order valence-corrected chi connectivity index (χ3v) is 5.63. The second-order valence-corrected chi connectivity index (χ2v) is 8.19. The SMILES string of the molecule is Cc1cccc(-c2cc(-c3cccc(C)c3)nc(-c3cncc(-c4ccccc4)c3)c2)c1. The normalized spacial score (nSPS) is 10.8. The van der Waals surface area contributed by atoms with Crippen molar-refractivity contribution in [3.8, 4) is 44.8 Å². The number of benzene rings is 3. The first kappa shape index (κ1) is 19.9. The molecule has 0 radical (unpaired) electrons. The van der Waals surface area contributed by atoms with E-state index in [9.17, 15) is 0 Å². The molecule has 0 saturated carbocycles. The maximum atomic E-state index is 5.06. The van der Waals surface area contributed by atoms with Gasteiger partial charge in [0, 0.05) is 29.1 Å². The minimum atomic E-state index is 0.922. The van der Waals surface area contributed by atoms with Crippen molar-refractivity contribution in [3.63, 3.8) is 0 Å². The highest BCUT2D eigenvalue weighted by Gasteiger charge is 2.11. The summed E-state index contributed by atoms with van der Waals surface area (Å²) in [5.41, 5.74) is 11.1. The van der Waals surface area contributed by atoms with Crippen LogP contribution in [0.4, 0.5) is 0 Å². The van der Waals surface area contributed by atoms with Crippen LogP contribution in [0.1, 0.15) is 11.1 Å². The molecule has 2 heteroatoms. The molecule has 2 aromatic heterocycles. The predicted molar refractivity (Wildman–Crippen MR) is 133 cm³/mol. The Morgan fingerprint density at radius 3 is 1.75 bits per heavy atom. The number of hydrogen-bond acceptors (Lipinski definition) is 2. The van der Waals surface area contributed by atoms with Gasteiger partial charge in [-0.3, -0.25) is 4.98 Å². The van der Waals surface area contributed by atoms with Crippen LogP contribution in [-0.4, -0.2) is 9.97 Å². The third kappa shape index (κ3) is 4.21. The van der Waals surface area contributed by atoms with Gasteiger partial charge in [0.05, 0.1) is 11.4 Å². The first-order chi connectivity index (χ1) is 15.7. The van der Waals surface area contributed by atoms with Gasteiger partial charge in [-0.25, -0.2) is 4.98 Å². The Morgan fingerprint density at radius 2 is 1.03 bits per heavy atom. The van der Waals surface area contributed by atoms with E-state index < -0.39 is 0 Å². The van der Waals surface area contributed by atoms with Crippen LogP contribution < -0.4 is 0 Å². The minimum absolute atomic E-state index is 0.922. The first-order valence-corrected chi connectivity index (χ1v) is 10.8. The summed E-state index contributed by atoms with van der Waals surface area (Å²) in [4.78, 5) is 9.59. The van der Waals surface area contributed by atoms with Crippen molar-refractivity contribution in [1.82, 2.24) is 9.97 Å². The topological polar surface area (TPSA) is 25.8 Å². The van der Waals surface area contributed by atoms with Gasteiger partial charge in [0.2, 0.25) is 0 Å². The molecule has 154 valence electrons. The Morgan fingerprint density at radius 1 is 0.438 bits per heavy atom. The summed E-state index contributed by atoms with van der Waals surface area (Å²) < 4.78 is 0. The molecular weight excluding hydrogens is 388 g/mol. The average molecular weight is 413 g/mol. The molecule has 5 aromatic rings. The van der Waals surface area contributed by atoms with Gasteiger partial charge in [-0.15, -0.1) is 0 Å². The molecule has 0 unspecified atom stereocenters. The molecule has 0 N–H and O–H groups in total. The van der Waals surface area contributed by atoms with Crippen LogP contribution in [0.5, 0.6) is 0 Å². The maximum absolute atomic E-state index is 5.06. The third-order valence-electron chi connectivity index (χ3n) is 5.63. The molecule has 2 heterocycles. The zero-order valence-electron chi connectivity index (χ0n) is 18.3. The number of pyridine rings is 2. The molecule has 3 aromatic carbocycles. The van der Waals surface area contributed by atoms with Crippen molar-refractivity contribution >= 4 is 0 Å². The fourth-order valence-electron chi connectivity index (χ4n) is 3.99. The Balaban J connectivity index is 1.68. The molecule has 0 aliphatic rings. The molecule has 0 atom stereocenters. The van der Waals surface area contributed by atoms with Gasteiger partial charge in [0.15, 0.2) is 0 Å². The molecule has 0 fully saturated rings. The zero-order valence-corrected chi connectivity index (χ0v) is 18.3. The monoisotopic (exact) mass is 412 g/mol. The summed E-state index contributed by atoms with van der Waals surface area (Å²) in [7, 11) is 0. The van der Waals surface area contributed by atoms with E-state index in [4.69, 9.17) is 4.98 Å². The number of rotatable bonds is 4. The van der Waals surface area contributed by atoms with Crippen LogP contribution in [0.2, 0.25) is 0 Å². The predicted octanol–water partition coefficient (Wildman–Crippen LogP) is 7.76. The quantitative estimate of drug-likeness (QED) is 0.301. The van der Waals surface area contributed by atoms with Gasteiger partial charge >= 0.3 is 0 Å². The van der Waals surface area contributed by atoms with Gasteiger partial charge in [0.1, 0.15) is 0 Å². The van der Waals surface area contributed by atoms with E-state index >= 15 is 0 Å². The molecule has 0 aliphatic carbocycles. The van der Waals surface area contributed by atoms with E-state index in [0.717, 1.165) is 39.2 Å². The van der Waals surface area contributed by atoms with Crippen molar-refractivity contribution in [2.24, 2.45) is 0 Å². The second-order valence-electron chi connectivity index (χ2n) is 8.19. The molecule has 32 heavy (non-hydrogen) atoms. The van der Waals surface area contributed by atoms with Gasteiger partial charge < -0.3 is 0 Å². The molecule has 0 saturated heterocycles. The average Bonchev–Trinajstić information content (AvgIpc) is 2.84. The molecule has 0 bridgehead atoms. The summed E-state index contributed by atoms with van der Waals surface area (Å²) in [5, 5.41) is 0. The zero-order chi connectivity index (χ0) is 21.9. The maximum Gasteiger partial charge on any atom is 0.0731 e. The number of hydrogen-bond donors (Lipinski definition) is 0. The molecule has 5 rings (SSSR count).